The van der Waals surface area contributed by atoms with Gasteiger partial charge < -0.3 is 14.6 Å². The highest BCUT2D eigenvalue weighted by Gasteiger charge is 2.29. The molecule has 0 saturated carbocycles. The summed E-state index contributed by atoms with van der Waals surface area (Å²) in [6.07, 6.45) is 3.62. The second-order valence-corrected chi connectivity index (χ2v) is 11.3. The van der Waals surface area contributed by atoms with Crippen LogP contribution in [0.15, 0.2) is 64.0 Å². The van der Waals surface area contributed by atoms with Gasteiger partial charge in [-0.25, -0.2) is 4.98 Å². The molecular weight excluding hydrogens is 536 g/mol. The molecule has 0 aliphatic carbocycles. The number of carbonyl (C=O) groups is 1. The summed E-state index contributed by atoms with van der Waals surface area (Å²) in [5.41, 5.74) is 5.68. The van der Waals surface area contributed by atoms with E-state index in [9.17, 15) is 9.59 Å². The molecule has 4 aromatic rings. The molecule has 41 heavy (non-hydrogen) atoms. The van der Waals surface area contributed by atoms with Gasteiger partial charge in [0.15, 0.2) is 0 Å². The van der Waals surface area contributed by atoms with Gasteiger partial charge in [-0.1, -0.05) is 69.6 Å². The number of para-hydroxylation sites is 1. The maximum atomic E-state index is 14.6. The Morgan fingerprint density at radius 1 is 1.05 bits per heavy atom. The van der Waals surface area contributed by atoms with Crippen molar-refractivity contribution < 1.29 is 9.21 Å². The van der Waals surface area contributed by atoms with Crippen molar-refractivity contribution in [2.24, 2.45) is 5.92 Å². The molecule has 2 aromatic heterocycles. The minimum atomic E-state index is -0.238. The van der Waals surface area contributed by atoms with Gasteiger partial charge in [-0.05, 0) is 54.5 Å². The van der Waals surface area contributed by atoms with E-state index in [0.717, 1.165) is 54.0 Å². The van der Waals surface area contributed by atoms with E-state index in [1.54, 1.807) is 29.0 Å². The number of hydrogen-bond acceptors (Lipinski definition) is 5. The van der Waals surface area contributed by atoms with Crippen LogP contribution in [0.25, 0.3) is 28.4 Å². The first-order chi connectivity index (χ1) is 19.8. The number of piperazine rings is 1. The second-order valence-electron chi connectivity index (χ2n) is 10.9. The molecule has 1 amide bonds. The molecule has 0 atom stereocenters. The molecule has 3 heterocycles. The summed E-state index contributed by atoms with van der Waals surface area (Å²) in [5.74, 6) is 0.332. The monoisotopic (exact) mass is 572 g/mol. The topological polar surface area (TPSA) is 80.4 Å². The van der Waals surface area contributed by atoms with Crippen LogP contribution in [0.5, 0.6) is 0 Å². The van der Waals surface area contributed by atoms with Crippen molar-refractivity contribution in [1.82, 2.24) is 19.8 Å². The maximum absolute atomic E-state index is 14.6. The van der Waals surface area contributed by atoms with Crippen LogP contribution in [0.1, 0.15) is 54.9 Å². The molecule has 2 aromatic carbocycles. The van der Waals surface area contributed by atoms with Crippen LogP contribution < -0.4 is 10.9 Å². The lowest BCUT2D eigenvalue weighted by molar-refractivity contribution is 0.0733. The van der Waals surface area contributed by atoms with Crippen LogP contribution in [0.2, 0.25) is 5.02 Å². The molecule has 0 radical (unpaired) electrons. The molecule has 1 fully saturated rings. The lowest BCUT2D eigenvalue weighted by atomic mass is 9.96. The van der Waals surface area contributed by atoms with E-state index < -0.39 is 0 Å². The van der Waals surface area contributed by atoms with Crippen molar-refractivity contribution in [2.45, 2.75) is 47.0 Å². The first kappa shape index (κ1) is 28.8. The highest BCUT2D eigenvalue weighted by atomic mass is 35.5. The number of pyridine rings is 1. The summed E-state index contributed by atoms with van der Waals surface area (Å²) in [5, 5.41) is 3.94. The number of rotatable bonds is 8. The summed E-state index contributed by atoms with van der Waals surface area (Å²) in [6, 6.07) is 15.2. The lowest BCUT2D eigenvalue weighted by Gasteiger charge is -2.30. The molecule has 0 bridgehead atoms. The molecule has 1 saturated heterocycles. The van der Waals surface area contributed by atoms with Gasteiger partial charge in [0.05, 0.1) is 11.3 Å². The van der Waals surface area contributed by atoms with Crippen LogP contribution in [0.4, 0.5) is 0 Å². The Bertz CT molecular complexity index is 1580. The summed E-state index contributed by atoms with van der Waals surface area (Å²) in [4.78, 5) is 35.3. The smallest absolute Gasteiger partial charge is 0.268 e. The molecular formula is C33H37ClN4O3. The second kappa shape index (κ2) is 12.5. The third kappa shape index (κ3) is 5.88. The van der Waals surface area contributed by atoms with E-state index >= 15 is 0 Å². The van der Waals surface area contributed by atoms with Gasteiger partial charge in [-0.3, -0.25) is 14.2 Å². The Kier molecular flexibility index (Phi) is 8.76. The molecule has 5 rings (SSSR count). The molecule has 214 valence electrons. The number of nitrogens with one attached hydrogen (secondary N) is 1. The van der Waals surface area contributed by atoms with Gasteiger partial charge in [-0.15, -0.1) is 0 Å². The molecule has 7 nitrogen and oxygen atoms in total. The number of aromatic nitrogens is 2. The quantitative estimate of drug-likeness (QED) is 0.273. The van der Waals surface area contributed by atoms with Crippen molar-refractivity contribution in [2.75, 3.05) is 26.2 Å². The summed E-state index contributed by atoms with van der Waals surface area (Å²) in [6.45, 7) is 11.1. The first-order valence-corrected chi connectivity index (χ1v) is 14.8. The first-order valence-electron chi connectivity index (χ1n) is 14.4. The number of benzene rings is 2. The van der Waals surface area contributed by atoms with Crippen molar-refractivity contribution in [3.63, 3.8) is 0 Å². The maximum Gasteiger partial charge on any atom is 0.268 e. The van der Waals surface area contributed by atoms with Gasteiger partial charge in [0, 0.05) is 42.5 Å². The minimum absolute atomic E-state index is 0.0753. The predicted molar refractivity (Wildman–Crippen MR) is 164 cm³/mol. The number of halogens is 1. The Morgan fingerprint density at radius 2 is 1.71 bits per heavy atom. The van der Waals surface area contributed by atoms with Gasteiger partial charge >= 0.3 is 0 Å². The highest BCUT2D eigenvalue weighted by molar-refractivity contribution is 6.30. The number of nitrogens with zero attached hydrogens (tertiary/aromatic N) is 3. The zero-order valence-corrected chi connectivity index (χ0v) is 24.9. The van der Waals surface area contributed by atoms with Gasteiger partial charge in [-0.2, -0.15) is 0 Å². The molecule has 8 heteroatoms. The zero-order chi connectivity index (χ0) is 29.1. The van der Waals surface area contributed by atoms with Crippen molar-refractivity contribution in [3.05, 3.63) is 92.6 Å². The Labute approximate surface area is 246 Å². The van der Waals surface area contributed by atoms with E-state index in [4.69, 9.17) is 21.0 Å². The van der Waals surface area contributed by atoms with Gasteiger partial charge in [0.25, 0.3) is 11.5 Å². The minimum Gasteiger partial charge on any atom is -0.444 e. The largest absolute Gasteiger partial charge is 0.444 e. The fourth-order valence-electron chi connectivity index (χ4n) is 5.51. The molecule has 0 spiro atoms. The van der Waals surface area contributed by atoms with E-state index in [1.165, 1.54) is 0 Å². The van der Waals surface area contributed by atoms with Crippen molar-refractivity contribution in [3.8, 4) is 28.4 Å². The Balaban J connectivity index is 1.80. The fraction of sp³-hybridized carbons (Fsp3) is 0.364. The van der Waals surface area contributed by atoms with Crippen molar-refractivity contribution >= 4 is 17.5 Å². The summed E-state index contributed by atoms with van der Waals surface area (Å²) in [7, 11) is 0. The predicted octanol–water partition coefficient (Wildman–Crippen LogP) is 6.18. The van der Waals surface area contributed by atoms with Crippen LogP contribution in [-0.4, -0.2) is 46.5 Å². The van der Waals surface area contributed by atoms with Crippen molar-refractivity contribution in [1.29, 1.82) is 0 Å². The SMILES string of the molecule is CCc1cccc(CC)c1-n1c(CC(C)C)c(C(=O)N2CCNCC2)cc(-c2nc(-c3ccc(Cl)cc3)co2)c1=O. The van der Waals surface area contributed by atoms with Gasteiger partial charge in [0.1, 0.15) is 17.5 Å². The van der Waals surface area contributed by atoms with E-state index in [-0.39, 0.29) is 28.8 Å². The number of oxazole rings is 1. The van der Waals surface area contributed by atoms with E-state index in [2.05, 4.69) is 45.1 Å². The number of carbonyl (C=O) groups excluding carboxylic acids is 1. The molecule has 1 N–H and O–H groups in total. The van der Waals surface area contributed by atoms with E-state index in [0.29, 0.717) is 35.8 Å². The van der Waals surface area contributed by atoms with Crippen LogP contribution >= 0.6 is 11.6 Å². The molecule has 0 unspecified atom stereocenters. The molecule has 1 aliphatic heterocycles. The normalized spacial score (nSPS) is 13.7. The number of hydrogen-bond donors (Lipinski definition) is 1. The van der Waals surface area contributed by atoms with Gasteiger partial charge in [0.2, 0.25) is 5.89 Å². The Morgan fingerprint density at radius 3 is 2.32 bits per heavy atom. The number of amides is 1. The average Bonchev–Trinajstić information content (AvgIpc) is 3.47. The third-order valence-electron chi connectivity index (χ3n) is 7.60. The summed E-state index contributed by atoms with van der Waals surface area (Å²) < 4.78 is 7.72. The highest BCUT2D eigenvalue weighted by Crippen LogP contribution is 2.30. The number of aryl methyl sites for hydroxylation is 2. The van der Waals surface area contributed by atoms with Crippen LogP contribution in [-0.2, 0) is 19.3 Å². The average molecular weight is 573 g/mol. The standard InChI is InChI=1S/C33H37ClN4O3/c1-5-22-8-7-9-23(6-2)30(22)38-29(18-21(3)4)26(32(39)37-16-14-35-15-17-37)19-27(33(38)40)31-36-28(20-41-31)24-10-12-25(34)13-11-24/h7-13,19-21,35H,5-6,14-18H2,1-4H3. The molecule has 1 aliphatic rings. The van der Waals surface area contributed by atoms with Crippen LogP contribution in [0.3, 0.4) is 0 Å². The third-order valence-corrected chi connectivity index (χ3v) is 7.85. The Hall–Kier alpha value is -3.68. The lowest BCUT2D eigenvalue weighted by Crippen LogP contribution is -2.47. The summed E-state index contributed by atoms with van der Waals surface area (Å²) >= 11 is 6.08. The van der Waals surface area contributed by atoms with Crippen LogP contribution in [0, 0.1) is 5.92 Å². The fourth-order valence-corrected chi connectivity index (χ4v) is 5.63. The van der Waals surface area contributed by atoms with E-state index in [1.807, 2.05) is 23.1 Å². The zero-order valence-electron chi connectivity index (χ0n) is 24.2.